The van der Waals surface area contributed by atoms with E-state index in [0.29, 0.717) is 22.7 Å². The molecule has 1 N–H and O–H groups in total. The maximum Gasteiger partial charge on any atom is 0.277 e. The summed E-state index contributed by atoms with van der Waals surface area (Å²) < 4.78 is 11.0. The predicted molar refractivity (Wildman–Crippen MR) is 135 cm³/mol. The normalized spacial score (nSPS) is 14.6. The van der Waals surface area contributed by atoms with Gasteiger partial charge >= 0.3 is 0 Å². The minimum Gasteiger partial charge on any atom is -0.497 e. The molecule has 1 aromatic heterocycles. The molecule has 1 atom stereocenters. The molecule has 1 fully saturated rings. The second-order valence-electron chi connectivity index (χ2n) is 8.58. The molecule has 7 heteroatoms. The third-order valence-electron chi connectivity index (χ3n) is 6.33. The number of carbonyl (C=O) groups excluding carboxylic acids is 2. The zero-order chi connectivity index (χ0) is 24.6. The lowest BCUT2D eigenvalue weighted by Gasteiger charge is -2.34. The van der Waals surface area contributed by atoms with E-state index in [1.807, 2.05) is 30.3 Å². The van der Waals surface area contributed by atoms with Crippen molar-refractivity contribution in [3.63, 3.8) is 0 Å². The summed E-state index contributed by atoms with van der Waals surface area (Å²) >= 11 is 0. The second-order valence-corrected chi connectivity index (χ2v) is 8.58. The minimum atomic E-state index is -0.977. The summed E-state index contributed by atoms with van der Waals surface area (Å²) in [6.07, 6.45) is 6.76. The Balaban J connectivity index is 1.84. The lowest BCUT2D eigenvalue weighted by Crippen LogP contribution is -2.47. The number of hydrogen-bond acceptors (Lipinski definition) is 5. The molecular weight excluding hydrogens is 442 g/mol. The fourth-order valence-corrected chi connectivity index (χ4v) is 4.55. The second kappa shape index (κ2) is 11.5. The summed E-state index contributed by atoms with van der Waals surface area (Å²) in [6, 6.07) is 18.7. The van der Waals surface area contributed by atoms with Gasteiger partial charge in [0.05, 0.1) is 14.2 Å². The van der Waals surface area contributed by atoms with E-state index in [1.165, 1.54) is 11.3 Å². The molecule has 2 amide bonds. The van der Waals surface area contributed by atoms with Crippen molar-refractivity contribution in [1.29, 1.82) is 0 Å². The van der Waals surface area contributed by atoms with Crippen LogP contribution in [0.1, 0.15) is 54.2 Å². The number of benzene rings is 2. The van der Waals surface area contributed by atoms with Crippen molar-refractivity contribution < 1.29 is 19.1 Å². The molecule has 3 aromatic rings. The molecule has 0 radical (unpaired) electrons. The molecule has 0 aliphatic heterocycles. The van der Waals surface area contributed by atoms with Crippen LogP contribution in [-0.4, -0.2) is 37.1 Å². The van der Waals surface area contributed by atoms with Crippen molar-refractivity contribution in [3.8, 4) is 11.5 Å². The average Bonchev–Trinajstić information content (AvgIpc) is 2.92. The van der Waals surface area contributed by atoms with Gasteiger partial charge in [-0.05, 0) is 49.2 Å². The molecule has 182 valence electrons. The highest BCUT2D eigenvalue weighted by molar-refractivity contribution is 6.09. The Morgan fingerprint density at radius 3 is 2.34 bits per heavy atom. The van der Waals surface area contributed by atoms with Gasteiger partial charge in [-0.25, -0.2) is 0 Å². The summed E-state index contributed by atoms with van der Waals surface area (Å²) in [5.41, 5.74) is 1.40. The van der Waals surface area contributed by atoms with Crippen LogP contribution < -0.4 is 19.7 Å². The van der Waals surface area contributed by atoms with Gasteiger partial charge < -0.3 is 14.8 Å². The number of nitrogens with zero attached hydrogens (tertiary/aromatic N) is 2. The number of nitrogens with one attached hydrogen (secondary N) is 1. The van der Waals surface area contributed by atoms with E-state index in [4.69, 9.17) is 9.47 Å². The summed E-state index contributed by atoms with van der Waals surface area (Å²) in [5, 5.41) is 3.21. The van der Waals surface area contributed by atoms with E-state index in [9.17, 15) is 9.59 Å². The Morgan fingerprint density at radius 1 is 0.943 bits per heavy atom. The van der Waals surface area contributed by atoms with Gasteiger partial charge in [-0.15, -0.1) is 0 Å². The van der Waals surface area contributed by atoms with Crippen molar-refractivity contribution in [2.24, 2.45) is 0 Å². The SMILES string of the molecule is COc1ccc([C@@H](C(=O)NC2CCCCC2)N(C(=O)c2ccccn2)c2ccccc2)c(OC)c1. The predicted octanol–water partition coefficient (Wildman–Crippen LogP) is 4.94. The van der Waals surface area contributed by atoms with Gasteiger partial charge in [-0.1, -0.05) is 43.5 Å². The van der Waals surface area contributed by atoms with Gasteiger partial charge in [-0.2, -0.15) is 0 Å². The highest BCUT2D eigenvalue weighted by Crippen LogP contribution is 2.36. The third kappa shape index (κ3) is 5.62. The standard InChI is InChI=1S/C28H31N3O4/c1-34-22-16-17-23(25(19-22)35-2)26(27(32)30-20-11-5-3-6-12-20)31(21-13-7-4-8-14-21)28(33)24-15-9-10-18-29-24/h4,7-10,13-20,26H,3,5-6,11-12H2,1-2H3,(H,30,32)/t26-/m0/s1. The zero-order valence-corrected chi connectivity index (χ0v) is 20.1. The van der Waals surface area contributed by atoms with Crippen LogP contribution in [0.5, 0.6) is 11.5 Å². The lowest BCUT2D eigenvalue weighted by atomic mass is 9.94. The summed E-state index contributed by atoms with van der Waals surface area (Å²) in [6.45, 7) is 0. The first-order valence-corrected chi connectivity index (χ1v) is 11.9. The van der Waals surface area contributed by atoms with Crippen molar-refractivity contribution in [1.82, 2.24) is 10.3 Å². The first-order valence-electron chi connectivity index (χ1n) is 11.9. The van der Waals surface area contributed by atoms with Crippen LogP contribution in [0, 0.1) is 0 Å². The highest BCUT2D eigenvalue weighted by Gasteiger charge is 2.37. The number of rotatable bonds is 8. The smallest absolute Gasteiger partial charge is 0.277 e. The van der Waals surface area contributed by atoms with E-state index in [1.54, 1.807) is 56.8 Å². The van der Waals surface area contributed by atoms with E-state index in [0.717, 1.165) is 25.7 Å². The number of amides is 2. The molecule has 4 rings (SSSR count). The molecular formula is C28H31N3O4. The number of hydrogen-bond donors (Lipinski definition) is 1. The molecule has 0 unspecified atom stereocenters. The Kier molecular flexibility index (Phi) is 7.98. The number of methoxy groups -OCH3 is 2. The maximum absolute atomic E-state index is 14.0. The van der Waals surface area contributed by atoms with E-state index in [2.05, 4.69) is 10.3 Å². The number of anilines is 1. The maximum atomic E-state index is 14.0. The molecule has 35 heavy (non-hydrogen) atoms. The first-order chi connectivity index (χ1) is 17.1. The molecule has 1 saturated carbocycles. The monoisotopic (exact) mass is 473 g/mol. The van der Waals surface area contributed by atoms with Crippen LogP contribution in [0.4, 0.5) is 5.69 Å². The number of ether oxygens (including phenoxy) is 2. The van der Waals surface area contributed by atoms with Crippen LogP contribution in [0.3, 0.4) is 0 Å². The fraction of sp³-hybridized carbons (Fsp3) is 0.321. The quantitative estimate of drug-likeness (QED) is 0.501. The molecule has 0 saturated heterocycles. The number of para-hydroxylation sites is 1. The van der Waals surface area contributed by atoms with Gasteiger partial charge in [0.15, 0.2) is 0 Å². The summed E-state index contributed by atoms with van der Waals surface area (Å²) in [4.78, 5) is 33.6. The number of aromatic nitrogens is 1. The van der Waals surface area contributed by atoms with Crippen molar-refractivity contribution in [2.75, 3.05) is 19.1 Å². The Bertz CT molecular complexity index is 1130. The van der Waals surface area contributed by atoms with E-state index < -0.39 is 6.04 Å². The van der Waals surface area contributed by atoms with Gasteiger partial charge in [-0.3, -0.25) is 19.5 Å². The highest BCUT2D eigenvalue weighted by atomic mass is 16.5. The molecule has 0 spiro atoms. The molecule has 7 nitrogen and oxygen atoms in total. The summed E-state index contributed by atoms with van der Waals surface area (Å²) in [5.74, 6) is 0.425. The van der Waals surface area contributed by atoms with Crippen LogP contribution >= 0.6 is 0 Å². The zero-order valence-electron chi connectivity index (χ0n) is 20.1. The van der Waals surface area contributed by atoms with Crippen molar-refractivity contribution in [2.45, 2.75) is 44.2 Å². The largest absolute Gasteiger partial charge is 0.497 e. The third-order valence-corrected chi connectivity index (χ3v) is 6.33. The Hall–Kier alpha value is -3.87. The van der Waals surface area contributed by atoms with E-state index >= 15 is 0 Å². The average molecular weight is 474 g/mol. The molecule has 0 bridgehead atoms. The molecule has 1 heterocycles. The molecule has 2 aromatic carbocycles. The van der Waals surface area contributed by atoms with Gasteiger partial charge in [0.2, 0.25) is 5.91 Å². The minimum absolute atomic E-state index is 0.0746. The topological polar surface area (TPSA) is 80.8 Å². The summed E-state index contributed by atoms with van der Waals surface area (Å²) in [7, 11) is 3.12. The van der Waals surface area contributed by atoms with E-state index in [-0.39, 0.29) is 23.6 Å². The van der Waals surface area contributed by atoms with Crippen molar-refractivity contribution in [3.05, 3.63) is 84.2 Å². The fourth-order valence-electron chi connectivity index (χ4n) is 4.55. The molecule has 1 aliphatic rings. The Morgan fingerprint density at radius 2 is 1.69 bits per heavy atom. The Labute approximate surface area is 206 Å². The van der Waals surface area contributed by atoms with Crippen LogP contribution in [0.25, 0.3) is 0 Å². The van der Waals surface area contributed by atoms with Gasteiger partial charge in [0.1, 0.15) is 23.2 Å². The van der Waals surface area contributed by atoms with Gasteiger partial charge in [0, 0.05) is 29.6 Å². The first kappa shape index (κ1) is 24.3. The lowest BCUT2D eigenvalue weighted by molar-refractivity contribution is -0.123. The number of pyridine rings is 1. The van der Waals surface area contributed by atoms with Crippen LogP contribution in [-0.2, 0) is 4.79 Å². The van der Waals surface area contributed by atoms with Crippen LogP contribution in [0.15, 0.2) is 72.9 Å². The van der Waals surface area contributed by atoms with Crippen molar-refractivity contribution >= 4 is 17.5 Å². The number of carbonyl (C=O) groups is 2. The van der Waals surface area contributed by atoms with Gasteiger partial charge in [0.25, 0.3) is 5.91 Å². The van der Waals surface area contributed by atoms with Crippen LogP contribution in [0.2, 0.25) is 0 Å². The molecule has 1 aliphatic carbocycles.